The van der Waals surface area contributed by atoms with Crippen LogP contribution in [0.5, 0.6) is 11.6 Å². The van der Waals surface area contributed by atoms with Crippen LogP contribution in [0.2, 0.25) is 0 Å². The van der Waals surface area contributed by atoms with Gasteiger partial charge in [0.2, 0.25) is 5.88 Å². The van der Waals surface area contributed by atoms with E-state index in [0.29, 0.717) is 0 Å². The first-order valence-electron chi connectivity index (χ1n) is 5.02. The van der Waals surface area contributed by atoms with Gasteiger partial charge in [-0.1, -0.05) is 6.07 Å². The largest absolute Gasteiger partial charge is 0.438 e. The Morgan fingerprint density at radius 3 is 2.50 bits per heavy atom. The summed E-state index contributed by atoms with van der Waals surface area (Å²) < 4.78 is 43.4. The van der Waals surface area contributed by atoms with Gasteiger partial charge in [-0.15, -0.1) is 0 Å². The molecule has 0 aliphatic carbocycles. The molecule has 2 aromatic rings. The molecule has 0 aliphatic rings. The Balaban J connectivity index is 2.39. The summed E-state index contributed by atoms with van der Waals surface area (Å²) in [5.41, 5.74) is 4.45. The Labute approximate surface area is 101 Å². The highest BCUT2D eigenvalue weighted by Gasteiger charge is 2.34. The summed E-state index contributed by atoms with van der Waals surface area (Å²) in [6.07, 6.45) is -3.10. The van der Waals surface area contributed by atoms with Crippen LogP contribution in [0, 0.1) is 0 Å². The first kappa shape index (κ1) is 12.2. The van der Waals surface area contributed by atoms with E-state index in [2.05, 4.69) is 4.98 Å². The third kappa shape index (κ3) is 2.71. The van der Waals surface area contributed by atoms with Gasteiger partial charge in [0.25, 0.3) is 0 Å². The highest BCUT2D eigenvalue weighted by Crippen LogP contribution is 2.38. The fourth-order valence-corrected chi connectivity index (χ4v) is 1.38. The third-order valence-corrected chi connectivity index (χ3v) is 2.16. The van der Waals surface area contributed by atoms with Crippen molar-refractivity contribution in [2.24, 2.45) is 0 Å². The van der Waals surface area contributed by atoms with Crippen molar-refractivity contribution in [3.8, 4) is 11.6 Å². The van der Waals surface area contributed by atoms with Crippen LogP contribution in [0.1, 0.15) is 5.56 Å². The van der Waals surface area contributed by atoms with Crippen molar-refractivity contribution in [3.05, 3.63) is 48.2 Å². The summed E-state index contributed by atoms with van der Waals surface area (Å²) in [5, 5.41) is 0. The van der Waals surface area contributed by atoms with Crippen molar-refractivity contribution >= 4 is 5.69 Å². The van der Waals surface area contributed by atoms with Crippen molar-refractivity contribution in [1.29, 1.82) is 0 Å². The molecule has 1 aromatic carbocycles. The number of anilines is 1. The molecule has 0 amide bonds. The molecule has 0 aliphatic heterocycles. The molecule has 3 nitrogen and oxygen atoms in total. The highest BCUT2D eigenvalue weighted by molar-refractivity contribution is 5.49. The number of aromatic nitrogens is 1. The Morgan fingerprint density at radius 2 is 1.89 bits per heavy atom. The summed E-state index contributed by atoms with van der Waals surface area (Å²) in [4.78, 5) is 3.80. The smallest absolute Gasteiger partial charge is 0.420 e. The SMILES string of the molecule is Nc1ccc(Oc2ccccn2)c(C(F)(F)F)c1. The standard InChI is InChI=1S/C12H9F3N2O/c13-12(14,15)9-7-8(16)4-5-10(9)18-11-3-1-2-6-17-11/h1-7H,16H2. The molecule has 18 heavy (non-hydrogen) atoms. The molecule has 0 saturated heterocycles. The van der Waals surface area contributed by atoms with Gasteiger partial charge >= 0.3 is 6.18 Å². The molecule has 1 aromatic heterocycles. The Bertz CT molecular complexity index is 541. The van der Waals surface area contributed by atoms with Crippen molar-refractivity contribution in [3.63, 3.8) is 0 Å². The zero-order valence-electron chi connectivity index (χ0n) is 9.11. The molecule has 0 unspecified atom stereocenters. The van der Waals surface area contributed by atoms with Crippen LogP contribution in [0.15, 0.2) is 42.6 Å². The number of hydrogen-bond acceptors (Lipinski definition) is 3. The molecular formula is C12H9F3N2O. The summed E-state index contributed by atoms with van der Waals surface area (Å²) >= 11 is 0. The first-order chi connectivity index (χ1) is 8.47. The van der Waals surface area contributed by atoms with Gasteiger partial charge in [0.15, 0.2) is 0 Å². The molecule has 0 spiro atoms. The fourth-order valence-electron chi connectivity index (χ4n) is 1.38. The minimum Gasteiger partial charge on any atom is -0.438 e. The maximum absolute atomic E-state index is 12.8. The number of alkyl halides is 3. The van der Waals surface area contributed by atoms with Crippen LogP contribution in [0.3, 0.4) is 0 Å². The van der Waals surface area contributed by atoms with E-state index in [-0.39, 0.29) is 17.3 Å². The van der Waals surface area contributed by atoms with Gasteiger partial charge in [-0.2, -0.15) is 13.2 Å². The van der Waals surface area contributed by atoms with E-state index in [1.165, 1.54) is 24.4 Å². The van der Waals surface area contributed by atoms with E-state index in [1.807, 2.05) is 0 Å². The Kier molecular flexibility index (Phi) is 3.10. The number of nitrogens with two attached hydrogens (primary N) is 1. The predicted molar refractivity (Wildman–Crippen MR) is 60.2 cm³/mol. The van der Waals surface area contributed by atoms with E-state index >= 15 is 0 Å². The Hall–Kier alpha value is -2.24. The van der Waals surface area contributed by atoms with Gasteiger partial charge in [-0.3, -0.25) is 0 Å². The zero-order valence-corrected chi connectivity index (χ0v) is 9.11. The zero-order chi connectivity index (χ0) is 13.2. The van der Waals surface area contributed by atoms with E-state index < -0.39 is 11.7 Å². The number of ether oxygens (including phenoxy) is 1. The number of nitrogen functional groups attached to an aromatic ring is 1. The number of benzene rings is 1. The minimum atomic E-state index is -4.53. The summed E-state index contributed by atoms with van der Waals surface area (Å²) in [6.45, 7) is 0. The summed E-state index contributed by atoms with van der Waals surface area (Å²) in [7, 11) is 0. The number of rotatable bonds is 2. The monoisotopic (exact) mass is 254 g/mol. The number of hydrogen-bond donors (Lipinski definition) is 1. The summed E-state index contributed by atoms with van der Waals surface area (Å²) in [5.74, 6) is -0.233. The molecule has 1 heterocycles. The van der Waals surface area contributed by atoms with Crippen molar-refractivity contribution in [2.75, 3.05) is 5.73 Å². The van der Waals surface area contributed by atoms with Gasteiger partial charge in [-0.05, 0) is 24.3 Å². The molecule has 0 saturated carbocycles. The van der Waals surface area contributed by atoms with E-state index in [1.54, 1.807) is 12.1 Å². The Morgan fingerprint density at radius 1 is 1.11 bits per heavy atom. The lowest BCUT2D eigenvalue weighted by molar-refractivity contribution is -0.138. The van der Waals surface area contributed by atoms with Crippen molar-refractivity contribution in [2.45, 2.75) is 6.18 Å². The van der Waals surface area contributed by atoms with Crippen molar-refractivity contribution < 1.29 is 17.9 Å². The van der Waals surface area contributed by atoms with Crippen LogP contribution >= 0.6 is 0 Å². The van der Waals surface area contributed by atoms with Crippen LogP contribution in [-0.2, 0) is 6.18 Å². The first-order valence-corrected chi connectivity index (χ1v) is 5.02. The minimum absolute atomic E-state index is 0.0238. The van der Waals surface area contributed by atoms with E-state index in [0.717, 1.165) is 6.07 Å². The maximum atomic E-state index is 12.8. The second-order valence-electron chi connectivity index (χ2n) is 3.52. The molecule has 0 bridgehead atoms. The molecule has 0 atom stereocenters. The number of nitrogens with zero attached hydrogens (tertiary/aromatic N) is 1. The molecule has 2 N–H and O–H groups in total. The lowest BCUT2D eigenvalue weighted by Crippen LogP contribution is -2.08. The lowest BCUT2D eigenvalue weighted by atomic mass is 10.1. The second kappa shape index (κ2) is 4.56. The maximum Gasteiger partial charge on any atom is 0.420 e. The van der Waals surface area contributed by atoms with Gasteiger partial charge in [0.1, 0.15) is 11.3 Å². The van der Waals surface area contributed by atoms with Crippen molar-refractivity contribution in [1.82, 2.24) is 4.98 Å². The lowest BCUT2D eigenvalue weighted by Gasteiger charge is -2.13. The number of halogens is 3. The van der Waals surface area contributed by atoms with Gasteiger partial charge in [-0.25, -0.2) is 4.98 Å². The topological polar surface area (TPSA) is 48.1 Å². The molecule has 2 rings (SSSR count). The van der Waals surface area contributed by atoms with Gasteiger partial charge < -0.3 is 10.5 Å². The van der Waals surface area contributed by atoms with Crippen LogP contribution in [-0.4, -0.2) is 4.98 Å². The average molecular weight is 254 g/mol. The number of pyridine rings is 1. The van der Waals surface area contributed by atoms with Crippen LogP contribution in [0.25, 0.3) is 0 Å². The molecule has 0 fully saturated rings. The second-order valence-corrected chi connectivity index (χ2v) is 3.52. The summed E-state index contributed by atoms with van der Waals surface area (Å²) in [6, 6.07) is 8.07. The van der Waals surface area contributed by atoms with E-state index in [4.69, 9.17) is 10.5 Å². The average Bonchev–Trinajstić information content (AvgIpc) is 2.31. The van der Waals surface area contributed by atoms with Gasteiger partial charge in [0, 0.05) is 18.0 Å². The quantitative estimate of drug-likeness (QED) is 0.834. The normalized spacial score (nSPS) is 11.3. The highest BCUT2D eigenvalue weighted by atomic mass is 19.4. The molecule has 0 radical (unpaired) electrons. The molecular weight excluding hydrogens is 245 g/mol. The van der Waals surface area contributed by atoms with E-state index in [9.17, 15) is 13.2 Å². The molecule has 6 heteroatoms. The van der Waals surface area contributed by atoms with Gasteiger partial charge in [0.05, 0.1) is 0 Å². The van der Waals surface area contributed by atoms with Crippen LogP contribution in [0.4, 0.5) is 18.9 Å². The van der Waals surface area contributed by atoms with Crippen LogP contribution < -0.4 is 10.5 Å². The third-order valence-electron chi connectivity index (χ3n) is 2.16. The predicted octanol–water partition coefficient (Wildman–Crippen LogP) is 3.47. The fraction of sp³-hybridized carbons (Fsp3) is 0.0833. The molecule has 94 valence electrons.